The van der Waals surface area contributed by atoms with Gasteiger partial charge < -0.3 is 19.8 Å². The Kier molecular flexibility index (Phi) is 9.92. The second-order valence-electron chi connectivity index (χ2n) is 4.84. The van der Waals surface area contributed by atoms with Gasteiger partial charge in [0.2, 0.25) is 0 Å². The van der Waals surface area contributed by atoms with Crippen LogP contribution in [-0.2, 0) is 0 Å². The second kappa shape index (κ2) is 10.0. The lowest BCUT2D eigenvalue weighted by Gasteiger charge is -2.23. The summed E-state index contributed by atoms with van der Waals surface area (Å²) in [6.45, 7) is 5.86. The molecule has 0 aliphatic carbocycles. The fourth-order valence-electron chi connectivity index (χ4n) is 1.43. The number of hydrogen-bond acceptors (Lipinski definition) is 4. The molecule has 0 aromatic carbocycles. The molecule has 0 amide bonds. The van der Waals surface area contributed by atoms with Crippen molar-refractivity contribution >= 4 is 0 Å². The third kappa shape index (κ3) is 10.4. The van der Waals surface area contributed by atoms with Crippen molar-refractivity contribution in [1.82, 2.24) is 14.7 Å². The molecule has 0 bridgehead atoms. The topological polar surface area (TPSA) is 30.0 Å². The molecule has 0 saturated carbocycles. The highest BCUT2D eigenvalue weighted by Crippen LogP contribution is 1.93. The van der Waals surface area contributed by atoms with E-state index in [1.807, 2.05) is 0 Å². The zero-order valence-corrected chi connectivity index (χ0v) is 11.4. The zero-order chi connectivity index (χ0) is 12.4. The Bertz CT molecular complexity index is 153. The quantitative estimate of drug-likeness (QED) is 0.544. The summed E-state index contributed by atoms with van der Waals surface area (Å²) < 4.78 is 0. The lowest BCUT2D eigenvalue weighted by molar-refractivity contribution is 0.227. The van der Waals surface area contributed by atoms with Crippen LogP contribution in [-0.4, -0.2) is 87.3 Å². The zero-order valence-electron chi connectivity index (χ0n) is 11.4. The van der Waals surface area contributed by atoms with Crippen LogP contribution in [0.1, 0.15) is 12.8 Å². The number of likely N-dealkylation sites (N-methyl/N-ethyl adjacent to an activating group) is 3. The van der Waals surface area contributed by atoms with Crippen molar-refractivity contribution in [3.8, 4) is 0 Å². The first-order valence-electron chi connectivity index (χ1n) is 6.19. The van der Waals surface area contributed by atoms with Crippen molar-refractivity contribution in [3.63, 3.8) is 0 Å². The largest absolute Gasteiger partial charge is 0.396 e. The van der Waals surface area contributed by atoms with Crippen molar-refractivity contribution in [2.45, 2.75) is 12.8 Å². The predicted octanol–water partition coefficient (Wildman–Crippen LogP) is 0.184. The molecule has 4 heteroatoms. The summed E-state index contributed by atoms with van der Waals surface area (Å²) in [6.07, 6.45) is 2.01. The summed E-state index contributed by atoms with van der Waals surface area (Å²) in [5.74, 6) is 0. The summed E-state index contributed by atoms with van der Waals surface area (Å²) >= 11 is 0. The highest BCUT2D eigenvalue weighted by Gasteiger charge is 2.02. The van der Waals surface area contributed by atoms with E-state index in [1.165, 1.54) is 0 Å². The minimum absolute atomic E-state index is 0.316. The standard InChI is InChI=1S/C12H29N3O/c1-13(2)8-9-15(4)11-10-14(3)7-5-6-12-16/h16H,5-12H2,1-4H3. The van der Waals surface area contributed by atoms with Crippen molar-refractivity contribution in [1.29, 1.82) is 0 Å². The van der Waals surface area contributed by atoms with Crippen LogP contribution in [0.3, 0.4) is 0 Å². The summed E-state index contributed by atoms with van der Waals surface area (Å²) in [5.41, 5.74) is 0. The van der Waals surface area contributed by atoms with E-state index < -0.39 is 0 Å². The van der Waals surface area contributed by atoms with E-state index in [1.54, 1.807) is 0 Å². The van der Waals surface area contributed by atoms with E-state index >= 15 is 0 Å². The number of aliphatic hydroxyl groups excluding tert-OH is 1. The van der Waals surface area contributed by atoms with Gasteiger partial charge in [0.25, 0.3) is 0 Å². The molecule has 0 saturated heterocycles. The molecule has 0 aliphatic heterocycles. The molecule has 16 heavy (non-hydrogen) atoms. The molecule has 0 aromatic rings. The summed E-state index contributed by atoms with van der Waals surface area (Å²) in [4.78, 5) is 6.91. The molecule has 0 aliphatic rings. The fourth-order valence-corrected chi connectivity index (χ4v) is 1.43. The molecule has 0 atom stereocenters. The molecule has 0 radical (unpaired) electrons. The lowest BCUT2D eigenvalue weighted by Crippen LogP contribution is -2.35. The Hall–Kier alpha value is -0.160. The van der Waals surface area contributed by atoms with E-state index in [2.05, 4.69) is 42.9 Å². The lowest BCUT2D eigenvalue weighted by atomic mass is 10.3. The third-order valence-corrected chi connectivity index (χ3v) is 2.74. The Balaban J connectivity index is 3.39. The minimum atomic E-state index is 0.316. The van der Waals surface area contributed by atoms with E-state index in [9.17, 15) is 0 Å². The average Bonchev–Trinajstić information content (AvgIpc) is 2.24. The van der Waals surface area contributed by atoms with Gasteiger partial charge in [-0.3, -0.25) is 0 Å². The second-order valence-corrected chi connectivity index (χ2v) is 4.84. The summed E-state index contributed by atoms with van der Waals surface area (Å²) in [5, 5.41) is 8.69. The Morgan fingerprint density at radius 2 is 1.19 bits per heavy atom. The van der Waals surface area contributed by atoms with Crippen LogP contribution < -0.4 is 0 Å². The van der Waals surface area contributed by atoms with E-state index in [0.29, 0.717) is 6.61 Å². The molecule has 0 rings (SSSR count). The smallest absolute Gasteiger partial charge is 0.0431 e. The van der Waals surface area contributed by atoms with Gasteiger partial charge in [0.05, 0.1) is 0 Å². The maximum atomic E-state index is 8.69. The Morgan fingerprint density at radius 1 is 0.688 bits per heavy atom. The fraction of sp³-hybridized carbons (Fsp3) is 1.00. The Labute approximate surface area is 101 Å². The normalized spacial score (nSPS) is 12.0. The molecule has 0 fully saturated rings. The molecule has 0 unspecified atom stereocenters. The van der Waals surface area contributed by atoms with Crippen molar-refractivity contribution in [2.75, 3.05) is 67.5 Å². The Morgan fingerprint density at radius 3 is 1.69 bits per heavy atom. The average molecular weight is 231 g/mol. The van der Waals surface area contributed by atoms with Crippen LogP contribution in [0.4, 0.5) is 0 Å². The molecule has 1 N–H and O–H groups in total. The number of aliphatic hydroxyl groups is 1. The van der Waals surface area contributed by atoms with E-state index in [0.717, 1.165) is 45.6 Å². The van der Waals surface area contributed by atoms with Gasteiger partial charge in [0, 0.05) is 32.8 Å². The maximum Gasteiger partial charge on any atom is 0.0431 e. The molecule has 4 nitrogen and oxygen atoms in total. The summed E-state index contributed by atoms with van der Waals surface area (Å²) in [7, 11) is 8.53. The first-order chi connectivity index (χ1) is 7.56. The predicted molar refractivity (Wildman–Crippen MR) is 69.9 cm³/mol. The van der Waals surface area contributed by atoms with Crippen LogP contribution in [0.2, 0.25) is 0 Å². The molecule has 0 heterocycles. The van der Waals surface area contributed by atoms with Crippen molar-refractivity contribution in [3.05, 3.63) is 0 Å². The van der Waals surface area contributed by atoms with E-state index in [-0.39, 0.29) is 0 Å². The first-order valence-corrected chi connectivity index (χ1v) is 6.19. The molecular weight excluding hydrogens is 202 g/mol. The van der Waals surface area contributed by atoms with Gasteiger partial charge in [-0.25, -0.2) is 0 Å². The van der Waals surface area contributed by atoms with Gasteiger partial charge in [0.1, 0.15) is 0 Å². The van der Waals surface area contributed by atoms with Gasteiger partial charge in [-0.15, -0.1) is 0 Å². The van der Waals surface area contributed by atoms with Crippen LogP contribution >= 0.6 is 0 Å². The van der Waals surface area contributed by atoms with Crippen LogP contribution in [0.25, 0.3) is 0 Å². The van der Waals surface area contributed by atoms with Crippen molar-refractivity contribution < 1.29 is 5.11 Å². The molecule has 0 spiro atoms. The van der Waals surface area contributed by atoms with Gasteiger partial charge in [0.15, 0.2) is 0 Å². The van der Waals surface area contributed by atoms with Crippen LogP contribution in [0, 0.1) is 0 Å². The number of nitrogens with zero attached hydrogens (tertiary/aromatic N) is 3. The van der Waals surface area contributed by atoms with Crippen LogP contribution in [0.15, 0.2) is 0 Å². The highest BCUT2D eigenvalue weighted by molar-refractivity contribution is 4.58. The van der Waals surface area contributed by atoms with Gasteiger partial charge in [-0.2, -0.15) is 0 Å². The van der Waals surface area contributed by atoms with Gasteiger partial charge in [-0.05, 0) is 47.6 Å². The minimum Gasteiger partial charge on any atom is -0.396 e. The van der Waals surface area contributed by atoms with Crippen molar-refractivity contribution in [2.24, 2.45) is 0 Å². The number of rotatable bonds is 10. The van der Waals surface area contributed by atoms with Crippen LogP contribution in [0.5, 0.6) is 0 Å². The first kappa shape index (κ1) is 15.8. The monoisotopic (exact) mass is 231 g/mol. The maximum absolute atomic E-state index is 8.69. The molecule has 0 aromatic heterocycles. The van der Waals surface area contributed by atoms with Gasteiger partial charge in [-0.1, -0.05) is 0 Å². The third-order valence-electron chi connectivity index (χ3n) is 2.74. The molecular formula is C12H29N3O. The number of unbranched alkanes of at least 4 members (excludes halogenated alkanes) is 1. The molecule has 98 valence electrons. The SMILES string of the molecule is CN(C)CCN(C)CCN(C)CCCCO. The number of hydrogen-bond donors (Lipinski definition) is 1. The van der Waals surface area contributed by atoms with Gasteiger partial charge >= 0.3 is 0 Å². The highest BCUT2D eigenvalue weighted by atomic mass is 16.2. The van der Waals surface area contributed by atoms with E-state index in [4.69, 9.17) is 5.11 Å². The summed E-state index contributed by atoms with van der Waals surface area (Å²) in [6, 6.07) is 0.